The minimum Gasteiger partial charge on any atom is -0.158 e. The fourth-order valence-corrected chi connectivity index (χ4v) is 0.445. The molecule has 0 saturated heterocycles. The number of halogens is 1. The molecular weight excluding hydrogens is 114 g/mol. The van der Waals surface area contributed by atoms with Crippen LogP contribution < -0.4 is 0 Å². The lowest BCUT2D eigenvalue weighted by Gasteiger charge is -1.86. The van der Waals surface area contributed by atoms with E-state index in [9.17, 15) is 0 Å². The summed E-state index contributed by atoms with van der Waals surface area (Å²) in [6.45, 7) is 0. The highest BCUT2D eigenvalue weighted by atomic mass is 35.5. The fourth-order valence-electron chi connectivity index (χ4n) is 0.303. The highest BCUT2D eigenvalue weighted by molar-refractivity contribution is 6.19. The first kappa shape index (κ1) is 4.71. The van der Waals surface area contributed by atoms with Gasteiger partial charge in [0.05, 0.1) is 12.1 Å². The summed E-state index contributed by atoms with van der Waals surface area (Å²) >= 11 is 5.36. The molecule has 1 rings (SSSR count). The fraction of sp³-hybridized carbons (Fsp3) is 0.667. The van der Waals surface area contributed by atoms with E-state index in [0.717, 1.165) is 0 Å². The quantitative estimate of drug-likeness (QED) is 0.461. The van der Waals surface area contributed by atoms with Crippen LogP contribution in [-0.4, -0.2) is 18.1 Å². The van der Waals surface area contributed by atoms with E-state index in [1.807, 2.05) is 0 Å². The summed E-state index contributed by atoms with van der Waals surface area (Å²) in [6, 6.07) is 0.0293. The van der Waals surface area contributed by atoms with E-state index >= 15 is 0 Å². The van der Waals surface area contributed by atoms with Gasteiger partial charge in [-0.25, -0.2) is 0 Å². The number of nitrogens with zero attached hydrogens (tertiary/aromatic N) is 3. The third kappa shape index (κ3) is 0.962. The number of hydrogen-bond donors (Lipinski definition) is 0. The molecule has 0 aromatic carbocycles. The predicted octanol–water partition coefficient (Wildman–Crippen LogP) is 1.05. The lowest BCUT2D eigenvalue weighted by atomic mass is 10.4. The Kier molecular flexibility index (Phi) is 1.36. The second-order valence-electron chi connectivity index (χ2n) is 1.19. The van der Waals surface area contributed by atoms with Crippen LogP contribution in [0.15, 0.2) is 15.4 Å². The molecule has 1 unspecified atom stereocenters. The van der Waals surface area contributed by atoms with Crippen LogP contribution >= 0.6 is 11.6 Å². The third-order valence-corrected chi connectivity index (χ3v) is 0.965. The average Bonchev–Trinajstić information content (AvgIpc) is 2.14. The van der Waals surface area contributed by atoms with Gasteiger partial charge in [0.1, 0.15) is 6.04 Å². The molecular formula is C3H4ClN3. The Labute approximate surface area is 46.1 Å². The number of hydrogen-bond acceptors (Lipinski definition) is 3. The maximum absolute atomic E-state index is 5.36. The molecule has 0 aromatic rings. The number of rotatable bonds is 1. The van der Waals surface area contributed by atoms with Crippen molar-refractivity contribution in [1.29, 1.82) is 0 Å². The smallest absolute Gasteiger partial charge is 0.123 e. The normalized spacial score (nSPS) is 26.7. The lowest BCUT2D eigenvalue weighted by molar-refractivity contribution is 0.923. The van der Waals surface area contributed by atoms with Crippen molar-refractivity contribution < 1.29 is 0 Å². The first-order valence-electron chi connectivity index (χ1n) is 1.93. The van der Waals surface area contributed by atoms with Crippen LogP contribution in [0.4, 0.5) is 0 Å². The summed E-state index contributed by atoms with van der Waals surface area (Å²) in [4.78, 5) is 0. The molecule has 38 valence electrons. The first-order chi connectivity index (χ1) is 3.43. The van der Waals surface area contributed by atoms with E-state index in [4.69, 9.17) is 11.6 Å². The topological polar surface area (TPSA) is 37.1 Å². The zero-order chi connectivity index (χ0) is 5.11. The molecule has 0 bridgehead atoms. The van der Waals surface area contributed by atoms with E-state index in [1.165, 1.54) is 0 Å². The van der Waals surface area contributed by atoms with Gasteiger partial charge in [-0.1, -0.05) is 0 Å². The summed E-state index contributed by atoms with van der Waals surface area (Å²) < 4.78 is 0. The molecule has 1 aliphatic rings. The summed E-state index contributed by atoms with van der Waals surface area (Å²) in [6.07, 6.45) is 1.62. The van der Waals surface area contributed by atoms with Gasteiger partial charge in [-0.05, 0) is 5.22 Å². The average molecular weight is 118 g/mol. The van der Waals surface area contributed by atoms with Gasteiger partial charge in [0.25, 0.3) is 0 Å². The molecule has 1 aliphatic heterocycles. The zero-order valence-corrected chi connectivity index (χ0v) is 4.34. The SMILES string of the molecule is ClCC1C=NN=N1. The van der Waals surface area contributed by atoms with E-state index in [-0.39, 0.29) is 6.04 Å². The van der Waals surface area contributed by atoms with Gasteiger partial charge in [0, 0.05) is 0 Å². The molecule has 0 fully saturated rings. The summed E-state index contributed by atoms with van der Waals surface area (Å²) in [7, 11) is 0. The van der Waals surface area contributed by atoms with Crippen LogP contribution in [0, 0.1) is 0 Å². The van der Waals surface area contributed by atoms with Crippen LogP contribution in [0.2, 0.25) is 0 Å². The second-order valence-corrected chi connectivity index (χ2v) is 1.50. The molecule has 7 heavy (non-hydrogen) atoms. The Morgan fingerprint density at radius 1 is 1.71 bits per heavy atom. The van der Waals surface area contributed by atoms with Crippen molar-refractivity contribution in [3.05, 3.63) is 0 Å². The van der Waals surface area contributed by atoms with E-state index < -0.39 is 0 Å². The highest BCUT2D eigenvalue weighted by Gasteiger charge is 2.03. The number of alkyl halides is 1. The van der Waals surface area contributed by atoms with Crippen LogP contribution in [-0.2, 0) is 0 Å². The van der Waals surface area contributed by atoms with Gasteiger partial charge in [-0.2, -0.15) is 5.11 Å². The van der Waals surface area contributed by atoms with Crippen molar-refractivity contribution in [2.24, 2.45) is 15.4 Å². The van der Waals surface area contributed by atoms with Crippen LogP contribution in [0.1, 0.15) is 0 Å². The molecule has 0 aromatic heterocycles. The molecule has 1 atom stereocenters. The van der Waals surface area contributed by atoms with Gasteiger partial charge < -0.3 is 0 Å². The lowest BCUT2D eigenvalue weighted by Crippen LogP contribution is -2.02. The van der Waals surface area contributed by atoms with Gasteiger partial charge in [0.2, 0.25) is 0 Å². The van der Waals surface area contributed by atoms with Crippen molar-refractivity contribution in [3.63, 3.8) is 0 Å². The maximum atomic E-state index is 5.36. The third-order valence-electron chi connectivity index (χ3n) is 0.648. The van der Waals surface area contributed by atoms with Crippen LogP contribution in [0.3, 0.4) is 0 Å². The maximum Gasteiger partial charge on any atom is 0.123 e. The van der Waals surface area contributed by atoms with Gasteiger partial charge >= 0.3 is 0 Å². The van der Waals surface area contributed by atoms with Crippen molar-refractivity contribution in [1.82, 2.24) is 0 Å². The largest absolute Gasteiger partial charge is 0.158 e. The van der Waals surface area contributed by atoms with Gasteiger partial charge in [-0.3, -0.25) is 0 Å². The second kappa shape index (κ2) is 2.02. The molecule has 0 N–H and O–H groups in total. The van der Waals surface area contributed by atoms with Crippen molar-refractivity contribution in [2.45, 2.75) is 6.04 Å². The molecule has 0 spiro atoms. The van der Waals surface area contributed by atoms with Crippen LogP contribution in [0.5, 0.6) is 0 Å². The predicted molar refractivity (Wildman–Crippen MR) is 27.9 cm³/mol. The van der Waals surface area contributed by atoms with Crippen LogP contribution in [0.25, 0.3) is 0 Å². The monoisotopic (exact) mass is 117 g/mol. The Balaban J connectivity index is 2.44. The summed E-state index contributed by atoms with van der Waals surface area (Å²) in [5, 5.41) is 10.5. The van der Waals surface area contributed by atoms with Gasteiger partial charge in [-0.15, -0.1) is 16.7 Å². The van der Waals surface area contributed by atoms with E-state index in [1.54, 1.807) is 6.21 Å². The van der Waals surface area contributed by atoms with Crippen molar-refractivity contribution in [3.8, 4) is 0 Å². The molecule has 4 heteroatoms. The summed E-state index contributed by atoms with van der Waals surface area (Å²) in [5.41, 5.74) is 0. The summed E-state index contributed by atoms with van der Waals surface area (Å²) in [5.74, 6) is 0.479. The Morgan fingerprint density at radius 2 is 2.57 bits per heavy atom. The highest BCUT2D eigenvalue weighted by Crippen LogP contribution is 1.98. The molecule has 1 heterocycles. The zero-order valence-electron chi connectivity index (χ0n) is 3.58. The molecule has 0 amide bonds. The van der Waals surface area contributed by atoms with E-state index in [2.05, 4.69) is 15.4 Å². The Morgan fingerprint density at radius 3 is 2.86 bits per heavy atom. The van der Waals surface area contributed by atoms with E-state index in [0.29, 0.717) is 5.88 Å². The van der Waals surface area contributed by atoms with Gasteiger partial charge in [0.15, 0.2) is 0 Å². The first-order valence-corrected chi connectivity index (χ1v) is 2.46. The molecule has 3 nitrogen and oxygen atoms in total. The standard InChI is InChI=1S/C3H4ClN3/c4-1-3-2-5-7-6-3/h2-3H,1H2. The molecule has 0 radical (unpaired) electrons. The minimum absolute atomic E-state index is 0.0293. The molecule has 0 aliphatic carbocycles. The van der Waals surface area contributed by atoms with Crippen molar-refractivity contribution >= 4 is 17.8 Å². The Hall–Kier alpha value is -0.440. The minimum atomic E-state index is 0.0293. The molecule has 0 saturated carbocycles. The Bertz CT molecular complexity index is 96.7. The van der Waals surface area contributed by atoms with Crippen molar-refractivity contribution in [2.75, 3.05) is 5.88 Å².